The Morgan fingerprint density at radius 3 is 1.80 bits per heavy atom. The second-order valence-corrected chi connectivity index (χ2v) is 12.9. The quantitative estimate of drug-likeness (QED) is 0.183. The fourth-order valence-corrected chi connectivity index (χ4v) is 8.25. The lowest BCUT2D eigenvalue weighted by Gasteiger charge is -2.34. The Bertz CT molecular complexity index is 2660. The van der Waals surface area contributed by atoms with Gasteiger partial charge in [0.25, 0.3) is 0 Å². The third-order valence-electron chi connectivity index (χ3n) is 10.3. The van der Waals surface area contributed by atoms with Crippen molar-refractivity contribution in [3.63, 3.8) is 0 Å². The van der Waals surface area contributed by atoms with Crippen molar-refractivity contribution in [2.45, 2.75) is 5.41 Å². The highest BCUT2D eigenvalue weighted by Crippen LogP contribution is 2.58. The molecule has 0 saturated carbocycles. The van der Waals surface area contributed by atoms with E-state index < -0.39 is 5.41 Å². The van der Waals surface area contributed by atoms with Gasteiger partial charge < -0.3 is 0 Å². The van der Waals surface area contributed by atoms with E-state index in [1.165, 1.54) is 49.5 Å². The number of rotatable bonds is 4. The molecule has 1 aliphatic rings. The van der Waals surface area contributed by atoms with Gasteiger partial charge in [-0.1, -0.05) is 170 Å². The van der Waals surface area contributed by atoms with E-state index in [2.05, 4.69) is 182 Å². The summed E-state index contributed by atoms with van der Waals surface area (Å²) in [7, 11) is 0. The number of aromatic nitrogens is 2. The molecule has 0 aliphatic heterocycles. The lowest BCUT2D eigenvalue weighted by molar-refractivity contribution is 0.775. The molecule has 0 bridgehead atoms. The second-order valence-electron chi connectivity index (χ2n) is 12.9. The van der Waals surface area contributed by atoms with Crippen LogP contribution in [0, 0.1) is 0 Å². The number of benzene rings is 8. The SMILES string of the molecule is c1ccc(-c2nc(-c3ccc4ccc5c(c4c3)C(c3ccccc3)(c3ccccc3)c3ccccc3-5)nc3ccc4ccccc4c23)cc1. The molecule has 49 heavy (non-hydrogen) atoms. The van der Waals surface area contributed by atoms with E-state index in [1.807, 2.05) is 0 Å². The van der Waals surface area contributed by atoms with Gasteiger partial charge in [-0.05, 0) is 67.1 Å². The van der Waals surface area contributed by atoms with Crippen LogP contribution in [0.2, 0.25) is 0 Å². The summed E-state index contributed by atoms with van der Waals surface area (Å²) in [4.78, 5) is 10.6. The Morgan fingerprint density at radius 1 is 0.408 bits per heavy atom. The maximum atomic E-state index is 5.37. The molecule has 0 unspecified atom stereocenters. The first kappa shape index (κ1) is 27.7. The molecule has 8 aromatic carbocycles. The number of hydrogen-bond acceptors (Lipinski definition) is 2. The minimum atomic E-state index is -0.495. The second kappa shape index (κ2) is 10.8. The average Bonchev–Trinajstić information content (AvgIpc) is 3.50. The zero-order chi connectivity index (χ0) is 32.4. The van der Waals surface area contributed by atoms with Crippen LogP contribution in [0.4, 0.5) is 0 Å². The molecule has 0 amide bonds. The molecule has 1 aliphatic carbocycles. The van der Waals surface area contributed by atoms with Gasteiger partial charge in [0.05, 0.1) is 16.6 Å². The monoisotopic (exact) mass is 622 g/mol. The van der Waals surface area contributed by atoms with Crippen LogP contribution < -0.4 is 0 Å². The first-order valence-electron chi connectivity index (χ1n) is 16.8. The predicted octanol–water partition coefficient (Wildman–Crippen LogP) is 11.6. The maximum Gasteiger partial charge on any atom is 0.160 e. The number of hydrogen-bond donors (Lipinski definition) is 0. The van der Waals surface area contributed by atoms with Crippen LogP contribution in [0.1, 0.15) is 22.3 Å². The van der Waals surface area contributed by atoms with Crippen molar-refractivity contribution in [3.05, 3.63) is 204 Å². The molecule has 2 nitrogen and oxygen atoms in total. The van der Waals surface area contributed by atoms with Crippen LogP contribution in [0.25, 0.3) is 66.2 Å². The minimum absolute atomic E-state index is 0.495. The van der Waals surface area contributed by atoms with E-state index in [9.17, 15) is 0 Å². The van der Waals surface area contributed by atoms with E-state index in [4.69, 9.17) is 9.97 Å². The van der Waals surface area contributed by atoms with Gasteiger partial charge in [0.2, 0.25) is 0 Å². The summed E-state index contributed by atoms with van der Waals surface area (Å²) < 4.78 is 0. The van der Waals surface area contributed by atoms with E-state index >= 15 is 0 Å². The summed E-state index contributed by atoms with van der Waals surface area (Å²) in [5, 5.41) is 5.83. The topological polar surface area (TPSA) is 25.8 Å². The zero-order valence-corrected chi connectivity index (χ0v) is 26.7. The van der Waals surface area contributed by atoms with Crippen LogP contribution in [0.3, 0.4) is 0 Å². The van der Waals surface area contributed by atoms with Gasteiger partial charge in [-0.2, -0.15) is 0 Å². The molecule has 9 aromatic rings. The van der Waals surface area contributed by atoms with Gasteiger partial charge in [0.15, 0.2) is 5.82 Å². The molecule has 10 rings (SSSR count). The Balaban J connectivity index is 1.29. The molecule has 1 heterocycles. The fourth-order valence-electron chi connectivity index (χ4n) is 8.25. The fraction of sp³-hybridized carbons (Fsp3) is 0.0213. The van der Waals surface area contributed by atoms with E-state index in [0.717, 1.165) is 38.9 Å². The van der Waals surface area contributed by atoms with Crippen LogP contribution in [-0.2, 0) is 5.41 Å². The Kier molecular flexibility index (Phi) is 6.13. The normalized spacial score (nSPS) is 13.1. The van der Waals surface area contributed by atoms with Crippen molar-refractivity contribution in [2.75, 3.05) is 0 Å². The van der Waals surface area contributed by atoms with Gasteiger partial charge in [-0.25, -0.2) is 9.97 Å². The van der Waals surface area contributed by atoms with Crippen molar-refractivity contribution in [2.24, 2.45) is 0 Å². The van der Waals surface area contributed by atoms with E-state index in [-0.39, 0.29) is 0 Å². The highest BCUT2D eigenvalue weighted by Gasteiger charge is 2.47. The van der Waals surface area contributed by atoms with Gasteiger partial charge in [0.1, 0.15) is 0 Å². The van der Waals surface area contributed by atoms with Crippen LogP contribution in [-0.4, -0.2) is 9.97 Å². The number of fused-ring (bicyclic) bond motifs is 8. The lowest BCUT2D eigenvalue weighted by atomic mass is 9.66. The third kappa shape index (κ3) is 4.07. The highest BCUT2D eigenvalue weighted by molar-refractivity contribution is 6.12. The lowest BCUT2D eigenvalue weighted by Crippen LogP contribution is -2.28. The summed E-state index contributed by atoms with van der Waals surface area (Å²) in [6, 6.07) is 65.6. The molecule has 0 radical (unpaired) electrons. The average molecular weight is 623 g/mol. The van der Waals surface area contributed by atoms with Crippen LogP contribution in [0.15, 0.2) is 182 Å². The predicted molar refractivity (Wildman–Crippen MR) is 203 cm³/mol. The Labute approximate surface area is 285 Å². The first-order valence-corrected chi connectivity index (χ1v) is 16.8. The molecular formula is C47H30N2. The molecule has 0 saturated heterocycles. The summed E-state index contributed by atoms with van der Waals surface area (Å²) in [6.45, 7) is 0. The molecular weight excluding hydrogens is 593 g/mol. The van der Waals surface area contributed by atoms with Crippen molar-refractivity contribution in [3.8, 4) is 33.8 Å². The summed E-state index contributed by atoms with van der Waals surface area (Å²) >= 11 is 0. The van der Waals surface area contributed by atoms with E-state index in [0.29, 0.717) is 0 Å². The van der Waals surface area contributed by atoms with Crippen LogP contribution >= 0.6 is 0 Å². The molecule has 0 atom stereocenters. The molecule has 0 spiro atoms. The van der Waals surface area contributed by atoms with E-state index in [1.54, 1.807) is 0 Å². The molecule has 0 fully saturated rings. The smallest absolute Gasteiger partial charge is 0.160 e. The molecule has 1 aromatic heterocycles. The third-order valence-corrected chi connectivity index (χ3v) is 10.3. The molecule has 228 valence electrons. The minimum Gasteiger partial charge on any atom is -0.228 e. The van der Waals surface area contributed by atoms with Gasteiger partial charge in [-0.15, -0.1) is 0 Å². The summed E-state index contributed by atoms with van der Waals surface area (Å²) in [5.41, 5.74) is 11.1. The zero-order valence-electron chi connectivity index (χ0n) is 26.7. The number of nitrogens with zero attached hydrogens (tertiary/aromatic N) is 2. The van der Waals surface area contributed by atoms with Gasteiger partial charge in [-0.3, -0.25) is 0 Å². The largest absolute Gasteiger partial charge is 0.228 e. The first-order chi connectivity index (χ1) is 24.3. The van der Waals surface area contributed by atoms with Crippen molar-refractivity contribution >= 4 is 32.4 Å². The molecule has 0 N–H and O–H groups in total. The Hall–Kier alpha value is -6.38. The van der Waals surface area contributed by atoms with Gasteiger partial charge in [0, 0.05) is 16.5 Å². The summed E-state index contributed by atoms with van der Waals surface area (Å²) in [6.07, 6.45) is 0. The van der Waals surface area contributed by atoms with Gasteiger partial charge >= 0.3 is 0 Å². The Morgan fingerprint density at radius 2 is 1.02 bits per heavy atom. The van der Waals surface area contributed by atoms with Crippen molar-refractivity contribution < 1.29 is 0 Å². The standard InChI is InChI=1S/C47H30N2/c1-4-15-33(16-5-1)45-43-37-21-11-10-14-31(37)27-29-42(43)48-46(49-45)34-25-24-32-26-28-39-38-22-12-13-23-41(38)47(44(39)40(32)30-34,35-17-6-2-7-18-35)36-19-8-3-9-20-36/h1-30H. The summed E-state index contributed by atoms with van der Waals surface area (Å²) in [5.74, 6) is 0.724. The van der Waals surface area contributed by atoms with Crippen LogP contribution in [0.5, 0.6) is 0 Å². The highest BCUT2D eigenvalue weighted by atomic mass is 14.9. The van der Waals surface area contributed by atoms with Crippen molar-refractivity contribution in [1.29, 1.82) is 0 Å². The molecule has 2 heteroatoms. The van der Waals surface area contributed by atoms with Crippen molar-refractivity contribution in [1.82, 2.24) is 9.97 Å². The maximum absolute atomic E-state index is 5.37.